The number of rotatable bonds is 5. The van der Waals surface area contributed by atoms with E-state index in [9.17, 15) is 4.79 Å². The molecule has 0 spiro atoms. The van der Waals surface area contributed by atoms with Crippen LogP contribution in [0.25, 0.3) is 10.4 Å². The summed E-state index contributed by atoms with van der Waals surface area (Å²) >= 11 is 1.68. The average molecular weight is 355 g/mol. The summed E-state index contributed by atoms with van der Waals surface area (Å²) in [7, 11) is 1.74. The zero-order valence-corrected chi connectivity index (χ0v) is 15.6. The number of carbonyl (C=O) groups is 1. The molecule has 0 aliphatic heterocycles. The van der Waals surface area contributed by atoms with Gasteiger partial charge in [-0.25, -0.2) is 0 Å². The summed E-state index contributed by atoms with van der Waals surface area (Å²) < 4.78 is 5.23. The summed E-state index contributed by atoms with van der Waals surface area (Å²) in [6.45, 7) is 6.37. The molecule has 0 aliphatic rings. The van der Waals surface area contributed by atoms with Crippen molar-refractivity contribution in [3.63, 3.8) is 0 Å². The van der Waals surface area contributed by atoms with Gasteiger partial charge in [-0.15, -0.1) is 11.3 Å². The molecule has 6 heteroatoms. The Hall–Kier alpha value is -2.47. The fraction of sp³-hybridized carbons (Fsp3) is 0.316. The summed E-state index contributed by atoms with van der Waals surface area (Å²) in [6, 6.07) is 9.80. The van der Waals surface area contributed by atoms with E-state index in [0.717, 1.165) is 5.56 Å². The van der Waals surface area contributed by atoms with E-state index in [0.29, 0.717) is 23.8 Å². The second-order valence-corrected chi connectivity index (χ2v) is 7.29. The van der Waals surface area contributed by atoms with Gasteiger partial charge in [-0.2, -0.15) is 4.98 Å². The summed E-state index contributed by atoms with van der Waals surface area (Å²) in [4.78, 5) is 19.8. The van der Waals surface area contributed by atoms with Crippen LogP contribution >= 0.6 is 11.3 Å². The molecule has 0 radical (unpaired) electrons. The maximum atomic E-state index is 12.7. The largest absolute Gasteiger partial charge is 0.337 e. The first-order valence-corrected chi connectivity index (χ1v) is 9.06. The SMILES string of the molecule is Cc1ccsc1-c1cccc(C(=O)N(C)Cc2nc(C(C)C)no2)c1. The molecule has 3 rings (SSSR count). The number of hydrogen-bond donors (Lipinski definition) is 0. The van der Waals surface area contributed by atoms with Gasteiger partial charge < -0.3 is 9.42 Å². The van der Waals surface area contributed by atoms with Crippen molar-refractivity contribution in [2.45, 2.75) is 33.2 Å². The van der Waals surface area contributed by atoms with Gasteiger partial charge in [0.25, 0.3) is 5.91 Å². The second-order valence-electron chi connectivity index (χ2n) is 6.38. The Morgan fingerprint density at radius 3 is 2.76 bits per heavy atom. The maximum Gasteiger partial charge on any atom is 0.254 e. The number of thiophene rings is 1. The van der Waals surface area contributed by atoms with Crippen LogP contribution in [0.1, 0.15) is 47.4 Å². The summed E-state index contributed by atoms with van der Waals surface area (Å²) in [6.07, 6.45) is 0. The fourth-order valence-corrected chi connectivity index (χ4v) is 3.45. The van der Waals surface area contributed by atoms with Crippen LogP contribution in [0.3, 0.4) is 0 Å². The van der Waals surface area contributed by atoms with Gasteiger partial charge in [-0.05, 0) is 41.6 Å². The molecule has 0 fully saturated rings. The van der Waals surface area contributed by atoms with Crippen molar-refractivity contribution < 1.29 is 9.32 Å². The van der Waals surface area contributed by atoms with E-state index in [1.807, 2.05) is 38.1 Å². The van der Waals surface area contributed by atoms with Crippen molar-refractivity contribution in [3.05, 3.63) is 58.6 Å². The lowest BCUT2D eigenvalue weighted by atomic mass is 10.1. The Morgan fingerprint density at radius 2 is 2.12 bits per heavy atom. The first-order valence-electron chi connectivity index (χ1n) is 8.18. The summed E-state index contributed by atoms with van der Waals surface area (Å²) in [5.74, 6) is 1.24. The first-order chi connectivity index (χ1) is 12.0. The number of aryl methyl sites for hydroxylation is 1. The van der Waals surface area contributed by atoms with Crippen LogP contribution in [0.4, 0.5) is 0 Å². The highest BCUT2D eigenvalue weighted by molar-refractivity contribution is 7.13. The molecule has 2 aromatic heterocycles. The van der Waals surface area contributed by atoms with Crippen molar-refractivity contribution >= 4 is 17.2 Å². The molecule has 0 aliphatic carbocycles. The zero-order valence-electron chi connectivity index (χ0n) is 14.8. The Bertz CT molecular complexity index is 882. The molecular formula is C19H21N3O2S. The van der Waals surface area contributed by atoms with E-state index in [-0.39, 0.29) is 11.8 Å². The fourth-order valence-electron chi connectivity index (χ4n) is 2.52. The van der Waals surface area contributed by atoms with Crippen molar-refractivity contribution in [1.82, 2.24) is 15.0 Å². The number of carbonyl (C=O) groups excluding carboxylic acids is 1. The van der Waals surface area contributed by atoms with Gasteiger partial charge in [0.15, 0.2) is 5.82 Å². The van der Waals surface area contributed by atoms with Crippen LogP contribution in [0.2, 0.25) is 0 Å². The van der Waals surface area contributed by atoms with Gasteiger partial charge in [-0.3, -0.25) is 4.79 Å². The monoisotopic (exact) mass is 355 g/mol. The minimum Gasteiger partial charge on any atom is -0.337 e. The predicted octanol–water partition coefficient (Wildman–Crippen LogP) is 4.50. The molecular weight excluding hydrogens is 334 g/mol. The normalized spacial score (nSPS) is 11.1. The van der Waals surface area contributed by atoms with E-state index in [1.165, 1.54) is 10.4 Å². The highest BCUT2D eigenvalue weighted by atomic mass is 32.1. The number of hydrogen-bond acceptors (Lipinski definition) is 5. The number of benzene rings is 1. The number of aromatic nitrogens is 2. The average Bonchev–Trinajstić information content (AvgIpc) is 3.23. The zero-order chi connectivity index (χ0) is 18.0. The lowest BCUT2D eigenvalue weighted by Crippen LogP contribution is -2.26. The smallest absolute Gasteiger partial charge is 0.254 e. The first kappa shape index (κ1) is 17.4. The molecule has 1 amide bonds. The minimum absolute atomic E-state index is 0.0691. The summed E-state index contributed by atoms with van der Waals surface area (Å²) in [5, 5.41) is 6.00. The highest BCUT2D eigenvalue weighted by Crippen LogP contribution is 2.29. The molecule has 2 heterocycles. The molecule has 130 valence electrons. The van der Waals surface area contributed by atoms with Gasteiger partial charge in [0.2, 0.25) is 5.89 Å². The standard InChI is InChI=1S/C19H21N3O2S/c1-12(2)18-20-16(24-21-18)11-22(4)19(23)15-7-5-6-14(10-15)17-13(3)8-9-25-17/h5-10,12H,11H2,1-4H3. The molecule has 5 nitrogen and oxygen atoms in total. The third kappa shape index (κ3) is 3.79. The lowest BCUT2D eigenvalue weighted by Gasteiger charge is -2.15. The van der Waals surface area contributed by atoms with Crippen LogP contribution in [0.15, 0.2) is 40.2 Å². The maximum absolute atomic E-state index is 12.7. The molecule has 1 aromatic carbocycles. The van der Waals surface area contributed by atoms with Crippen molar-refractivity contribution in [2.24, 2.45) is 0 Å². The predicted molar refractivity (Wildman–Crippen MR) is 98.7 cm³/mol. The molecule has 0 saturated heterocycles. The molecule has 0 N–H and O–H groups in total. The second kappa shape index (κ2) is 7.19. The Labute approximate surface area is 151 Å². The number of amides is 1. The van der Waals surface area contributed by atoms with Crippen molar-refractivity contribution in [2.75, 3.05) is 7.05 Å². The topological polar surface area (TPSA) is 59.2 Å². The molecule has 3 aromatic rings. The molecule has 0 unspecified atom stereocenters. The van der Waals surface area contributed by atoms with E-state index >= 15 is 0 Å². The lowest BCUT2D eigenvalue weighted by molar-refractivity contribution is 0.0769. The summed E-state index contributed by atoms with van der Waals surface area (Å²) in [5.41, 5.74) is 2.93. The van der Waals surface area contributed by atoms with E-state index in [1.54, 1.807) is 23.3 Å². The third-order valence-corrected chi connectivity index (χ3v) is 5.02. The molecule has 0 bridgehead atoms. The van der Waals surface area contributed by atoms with Gasteiger partial charge in [0.1, 0.15) is 0 Å². The Morgan fingerprint density at radius 1 is 1.32 bits per heavy atom. The van der Waals surface area contributed by atoms with Gasteiger partial charge in [0.05, 0.1) is 6.54 Å². The molecule has 25 heavy (non-hydrogen) atoms. The minimum atomic E-state index is -0.0691. The van der Waals surface area contributed by atoms with Crippen LogP contribution in [-0.4, -0.2) is 28.0 Å². The van der Waals surface area contributed by atoms with E-state index in [2.05, 4.69) is 28.5 Å². The van der Waals surface area contributed by atoms with Crippen LogP contribution in [0, 0.1) is 6.92 Å². The van der Waals surface area contributed by atoms with Gasteiger partial charge in [-0.1, -0.05) is 31.1 Å². The van der Waals surface area contributed by atoms with Crippen LogP contribution in [-0.2, 0) is 6.54 Å². The molecule has 0 atom stereocenters. The van der Waals surface area contributed by atoms with Gasteiger partial charge >= 0.3 is 0 Å². The van der Waals surface area contributed by atoms with Gasteiger partial charge in [0, 0.05) is 23.4 Å². The highest BCUT2D eigenvalue weighted by Gasteiger charge is 2.17. The van der Waals surface area contributed by atoms with E-state index in [4.69, 9.17) is 4.52 Å². The quantitative estimate of drug-likeness (QED) is 0.676. The van der Waals surface area contributed by atoms with Crippen LogP contribution < -0.4 is 0 Å². The van der Waals surface area contributed by atoms with Crippen LogP contribution in [0.5, 0.6) is 0 Å². The van der Waals surface area contributed by atoms with Crippen molar-refractivity contribution in [3.8, 4) is 10.4 Å². The Balaban J connectivity index is 1.77. The van der Waals surface area contributed by atoms with Crippen molar-refractivity contribution in [1.29, 1.82) is 0 Å². The van der Waals surface area contributed by atoms with E-state index < -0.39 is 0 Å². The Kier molecular flexibility index (Phi) is 4.99. The molecule has 0 saturated carbocycles. The third-order valence-electron chi connectivity index (χ3n) is 3.95. The number of nitrogens with zero attached hydrogens (tertiary/aromatic N) is 3.